The van der Waals surface area contributed by atoms with Crippen LogP contribution in [0.15, 0.2) is 63.6 Å². The van der Waals surface area contributed by atoms with Crippen molar-refractivity contribution in [1.82, 2.24) is 4.98 Å². The van der Waals surface area contributed by atoms with E-state index in [1.165, 1.54) is 52.3 Å². The quantitative estimate of drug-likeness (QED) is 0.0874. The van der Waals surface area contributed by atoms with Crippen LogP contribution in [0.3, 0.4) is 0 Å². The Hall–Kier alpha value is -5.56. The van der Waals surface area contributed by atoms with E-state index in [1.807, 2.05) is 19.9 Å². The molecule has 4 aromatic rings. The predicted octanol–water partition coefficient (Wildman–Crippen LogP) is 8.20. The second-order valence-corrected chi connectivity index (χ2v) is 15.3. The summed E-state index contributed by atoms with van der Waals surface area (Å²) in [6, 6.07) is 4.05. The van der Waals surface area contributed by atoms with Gasteiger partial charge in [0.15, 0.2) is 28.2 Å². The molecule has 0 fully saturated rings. The minimum atomic E-state index is -2.02. The van der Waals surface area contributed by atoms with Gasteiger partial charge >= 0.3 is 11.8 Å². The lowest BCUT2D eigenvalue weighted by molar-refractivity contribution is -0.155. The number of aromatic nitrogens is 1. The molecule has 2 aliphatic heterocycles. The molecule has 12 nitrogen and oxygen atoms in total. The zero-order chi connectivity index (χ0) is 40.8. The number of nitrogens with zero attached hydrogens (tertiary/aromatic N) is 1. The average Bonchev–Trinajstić information content (AvgIpc) is 3.40. The number of ether oxygens (including phenoxy) is 4. The van der Waals surface area contributed by atoms with Gasteiger partial charge < -0.3 is 33.8 Å². The van der Waals surface area contributed by atoms with E-state index in [0.717, 1.165) is 12.8 Å². The Labute approximate surface area is 323 Å². The van der Waals surface area contributed by atoms with Gasteiger partial charge in [-0.3, -0.25) is 19.2 Å². The molecule has 2 N–H and O–H groups in total. The van der Waals surface area contributed by atoms with Crippen LogP contribution in [0.4, 0.5) is 10.1 Å². The Kier molecular flexibility index (Phi) is 11.1. The summed E-state index contributed by atoms with van der Waals surface area (Å²) in [6.45, 7) is 13.9. The number of anilines is 1. The van der Waals surface area contributed by atoms with Crippen LogP contribution in [0.25, 0.3) is 33.0 Å². The molecule has 6 rings (SSSR count). The van der Waals surface area contributed by atoms with E-state index in [9.17, 15) is 24.3 Å². The summed E-state index contributed by atoms with van der Waals surface area (Å²) in [5, 5.41) is 14.0. The summed E-state index contributed by atoms with van der Waals surface area (Å²) in [6.07, 6.45) is 8.67. The second kappa shape index (κ2) is 15.5. The Morgan fingerprint density at radius 3 is 2.48 bits per heavy atom. The highest BCUT2D eigenvalue weighted by Gasteiger charge is 2.49. The van der Waals surface area contributed by atoms with Gasteiger partial charge in [-0.25, -0.2) is 9.37 Å². The third kappa shape index (κ3) is 7.27. The number of rotatable bonds is 2. The van der Waals surface area contributed by atoms with Crippen LogP contribution >= 0.6 is 0 Å². The molecule has 4 bridgehead atoms. The molecule has 0 saturated heterocycles. The smallest absolute Gasteiger partial charge is 0.312 e. The minimum absolute atomic E-state index is 0.0161. The molecule has 296 valence electrons. The Balaban J connectivity index is 1.58. The highest BCUT2D eigenvalue weighted by molar-refractivity contribution is 6.26. The zero-order valence-corrected chi connectivity index (χ0v) is 32.9. The van der Waals surface area contributed by atoms with Crippen LogP contribution in [-0.4, -0.2) is 52.9 Å². The maximum atomic E-state index is 15.2. The van der Waals surface area contributed by atoms with Crippen molar-refractivity contribution in [2.24, 2.45) is 23.7 Å². The standard InChI is InChI=1S/C43H47FN2O10/c1-20-12-10-13-22(3)42(51)46-35-37(49)31-30(34-40(35)55-29-15-11-14-27(44)33(29)45-34)32-39(25(6)36(31)48)56-43(8,41(32)50)53-17-16-28(52-9)24(5)38(54-26(7)47)23(4)19-21(2)18-20/h10-17,20-21,23-24,28,38,49H,18-19H2,1-9H3,(H,46,51)/b12-10+,17-16+,22-13-/t20-,21+,23+,24+,28-,38-,43-/m0/s1. The number of nitrogens with one attached hydrogen (secondary N) is 1. The zero-order valence-electron chi connectivity index (χ0n) is 32.9. The van der Waals surface area contributed by atoms with Crippen molar-refractivity contribution in [2.75, 3.05) is 12.4 Å². The lowest BCUT2D eigenvalue weighted by Gasteiger charge is -2.33. The van der Waals surface area contributed by atoms with Crippen molar-refractivity contribution in [3.05, 3.63) is 81.5 Å². The normalized spacial score (nSPS) is 28.4. The van der Waals surface area contributed by atoms with E-state index in [1.54, 1.807) is 25.2 Å². The third-order valence-corrected chi connectivity index (χ3v) is 10.8. The Bertz CT molecular complexity index is 2420. The first-order valence-electron chi connectivity index (χ1n) is 18.7. The van der Waals surface area contributed by atoms with Crippen molar-refractivity contribution in [1.29, 1.82) is 0 Å². The number of hydrogen-bond donors (Lipinski definition) is 2. The van der Waals surface area contributed by atoms with Crippen LogP contribution in [0.5, 0.6) is 11.5 Å². The number of esters is 1. The molecule has 3 aromatic carbocycles. The molecule has 0 aliphatic carbocycles. The number of halogens is 1. The van der Waals surface area contributed by atoms with Crippen molar-refractivity contribution in [3.63, 3.8) is 0 Å². The number of phenols is 1. The number of hydrogen-bond acceptors (Lipinski definition) is 11. The highest BCUT2D eigenvalue weighted by atomic mass is 19.1. The number of allylic oxidation sites excluding steroid dienone is 3. The lowest BCUT2D eigenvalue weighted by atomic mass is 9.82. The number of fused-ring (bicyclic) bond motifs is 2. The van der Waals surface area contributed by atoms with Gasteiger partial charge in [0.1, 0.15) is 28.6 Å². The molecule has 0 unspecified atom stereocenters. The first kappa shape index (κ1) is 40.1. The van der Waals surface area contributed by atoms with Crippen LogP contribution in [0.1, 0.15) is 77.2 Å². The molecule has 0 radical (unpaired) electrons. The van der Waals surface area contributed by atoms with Gasteiger partial charge in [0.2, 0.25) is 0 Å². The Morgan fingerprint density at radius 2 is 1.79 bits per heavy atom. The van der Waals surface area contributed by atoms with Gasteiger partial charge in [-0.15, -0.1) is 0 Å². The Morgan fingerprint density at radius 1 is 1.05 bits per heavy atom. The molecule has 13 heteroatoms. The lowest BCUT2D eigenvalue weighted by Crippen LogP contribution is -2.39. The number of carbonyl (C=O) groups is 3. The molecule has 3 heterocycles. The molecule has 7 atom stereocenters. The van der Waals surface area contributed by atoms with Gasteiger partial charge in [-0.05, 0) is 62.7 Å². The molecule has 0 saturated carbocycles. The van der Waals surface area contributed by atoms with Crippen molar-refractivity contribution < 1.29 is 47.2 Å². The first-order valence-corrected chi connectivity index (χ1v) is 18.7. The van der Waals surface area contributed by atoms with E-state index in [4.69, 9.17) is 23.4 Å². The summed E-state index contributed by atoms with van der Waals surface area (Å²) in [4.78, 5) is 59.1. The summed E-state index contributed by atoms with van der Waals surface area (Å²) in [5.41, 5.74) is -1.52. The van der Waals surface area contributed by atoms with E-state index in [-0.39, 0.29) is 84.8 Å². The molecular weight excluding hydrogens is 723 g/mol. The summed E-state index contributed by atoms with van der Waals surface area (Å²) < 4.78 is 45.2. The molecular formula is C43H47FN2O10. The second-order valence-electron chi connectivity index (χ2n) is 15.3. The number of para-hydroxylation sites is 1. The topological polar surface area (TPSA) is 163 Å². The van der Waals surface area contributed by atoms with E-state index >= 15 is 4.39 Å². The first-order chi connectivity index (χ1) is 26.5. The number of Topliss-reactive ketones (excluding diaryl/α,β-unsaturated/α-hetero) is 1. The van der Waals surface area contributed by atoms with Crippen molar-refractivity contribution in [2.45, 2.75) is 86.2 Å². The molecule has 1 amide bonds. The minimum Gasteiger partial charge on any atom is -0.505 e. The maximum Gasteiger partial charge on any atom is 0.312 e. The SMILES string of the molecule is CO[C@H]1/C=C/O[C@@]2(C)Oc3c(C)c(=O)c4c(O)c(c5oc6cccc(F)c6nc5c4c3C2=O)NC(=O)/C(C)=C\C=C\[C@H](C)C[C@@H](C)C[C@@H](C)[C@H](OC(C)=O)[C@@H]1C. The van der Waals surface area contributed by atoms with Gasteiger partial charge in [-0.2, -0.15) is 0 Å². The number of benzene rings is 3. The summed E-state index contributed by atoms with van der Waals surface area (Å²) in [7, 11) is 1.52. The van der Waals surface area contributed by atoms with Crippen LogP contribution in [0, 0.1) is 36.4 Å². The number of ketones is 1. The highest BCUT2D eigenvalue weighted by Crippen LogP contribution is 2.48. The summed E-state index contributed by atoms with van der Waals surface area (Å²) in [5.74, 6) is -5.35. The van der Waals surface area contributed by atoms with Gasteiger partial charge in [0, 0.05) is 43.4 Å². The van der Waals surface area contributed by atoms with E-state index < -0.39 is 52.7 Å². The fraction of sp³-hybridized carbons (Fsp3) is 0.419. The number of amides is 1. The van der Waals surface area contributed by atoms with E-state index in [2.05, 4.69) is 24.1 Å². The van der Waals surface area contributed by atoms with Crippen molar-refractivity contribution >= 4 is 56.3 Å². The van der Waals surface area contributed by atoms with Crippen molar-refractivity contribution in [3.8, 4) is 11.5 Å². The largest absolute Gasteiger partial charge is 0.505 e. The fourth-order valence-corrected chi connectivity index (χ4v) is 7.97. The number of phenolic OH excluding ortho intramolecular Hbond substituents is 1. The van der Waals surface area contributed by atoms with Gasteiger partial charge in [-0.1, -0.05) is 52.0 Å². The monoisotopic (exact) mass is 770 g/mol. The van der Waals surface area contributed by atoms with E-state index in [0.29, 0.717) is 0 Å². The molecule has 2 aliphatic rings. The number of carbonyl (C=O) groups excluding carboxylic acids is 3. The fourth-order valence-electron chi connectivity index (χ4n) is 7.97. The number of aromatic hydroxyl groups is 1. The summed E-state index contributed by atoms with van der Waals surface area (Å²) >= 11 is 0. The molecule has 1 aromatic heterocycles. The van der Waals surface area contributed by atoms with Crippen LogP contribution in [-0.2, 0) is 23.8 Å². The maximum absolute atomic E-state index is 15.2. The van der Waals surface area contributed by atoms with Crippen LogP contribution < -0.4 is 15.5 Å². The van der Waals surface area contributed by atoms with Crippen LogP contribution in [0.2, 0.25) is 0 Å². The predicted molar refractivity (Wildman–Crippen MR) is 209 cm³/mol. The average molecular weight is 771 g/mol. The molecule has 0 spiro atoms. The third-order valence-electron chi connectivity index (χ3n) is 10.8. The van der Waals surface area contributed by atoms with Gasteiger partial charge in [0.25, 0.3) is 11.7 Å². The number of methoxy groups -OCH3 is 1. The molecule has 56 heavy (non-hydrogen) atoms. The van der Waals surface area contributed by atoms with Gasteiger partial charge in [0.05, 0.1) is 23.3 Å².